The Morgan fingerprint density at radius 2 is 1.97 bits per heavy atom. The number of ether oxygens (including phenoxy) is 2. The highest BCUT2D eigenvalue weighted by Gasteiger charge is 2.20. The van der Waals surface area contributed by atoms with Crippen molar-refractivity contribution in [1.82, 2.24) is 20.0 Å². The molecule has 0 bridgehead atoms. The Bertz CT molecular complexity index is 1080. The first-order valence-electron chi connectivity index (χ1n) is 9.30. The fourth-order valence-corrected chi connectivity index (χ4v) is 3.17. The Labute approximate surface area is 168 Å². The van der Waals surface area contributed by atoms with E-state index in [0.717, 1.165) is 28.1 Å². The lowest BCUT2D eigenvalue weighted by Crippen LogP contribution is -2.28. The molecular weight excluding hydrogens is 372 g/mol. The van der Waals surface area contributed by atoms with Crippen molar-refractivity contribution < 1.29 is 18.8 Å². The summed E-state index contributed by atoms with van der Waals surface area (Å²) in [6.45, 7) is 6.20. The standard InChI is InChI=1S/C21H22N4O4/c1-12-13(2)24-29-21(12)16-9-22-14(3)23-17(16)10-25(4)20(26)8-15-5-6-18-19(7-15)28-11-27-18/h5-7,9H,8,10-11H2,1-4H3. The van der Waals surface area contributed by atoms with Crippen molar-refractivity contribution in [3.8, 4) is 22.8 Å². The van der Waals surface area contributed by atoms with Crippen molar-refractivity contribution in [2.45, 2.75) is 33.7 Å². The van der Waals surface area contributed by atoms with Gasteiger partial charge in [-0.2, -0.15) is 0 Å². The second-order valence-electron chi connectivity index (χ2n) is 7.11. The number of aromatic nitrogens is 3. The quantitative estimate of drug-likeness (QED) is 0.657. The molecule has 1 aliphatic heterocycles. The molecule has 1 aliphatic rings. The van der Waals surface area contributed by atoms with Crippen LogP contribution < -0.4 is 9.47 Å². The fourth-order valence-electron chi connectivity index (χ4n) is 3.17. The highest BCUT2D eigenvalue weighted by Crippen LogP contribution is 2.33. The predicted molar refractivity (Wildman–Crippen MR) is 104 cm³/mol. The zero-order valence-corrected chi connectivity index (χ0v) is 16.9. The summed E-state index contributed by atoms with van der Waals surface area (Å²) in [7, 11) is 1.76. The van der Waals surface area contributed by atoms with Crippen LogP contribution >= 0.6 is 0 Å². The molecule has 4 rings (SSSR count). The lowest BCUT2D eigenvalue weighted by molar-refractivity contribution is -0.129. The van der Waals surface area contributed by atoms with Crippen LogP contribution in [0.2, 0.25) is 0 Å². The van der Waals surface area contributed by atoms with Crippen LogP contribution in [0.15, 0.2) is 28.9 Å². The first-order valence-corrected chi connectivity index (χ1v) is 9.30. The average Bonchev–Trinajstić information content (AvgIpc) is 3.29. The highest BCUT2D eigenvalue weighted by molar-refractivity contribution is 5.79. The third-order valence-electron chi connectivity index (χ3n) is 4.99. The minimum atomic E-state index is -0.0310. The maximum Gasteiger partial charge on any atom is 0.231 e. The van der Waals surface area contributed by atoms with Crippen molar-refractivity contribution in [2.75, 3.05) is 13.8 Å². The van der Waals surface area contributed by atoms with Gasteiger partial charge in [0, 0.05) is 18.8 Å². The van der Waals surface area contributed by atoms with Crippen molar-refractivity contribution in [2.24, 2.45) is 0 Å². The molecule has 3 heterocycles. The molecule has 8 heteroatoms. The fraction of sp³-hybridized carbons (Fsp3) is 0.333. The first-order chi connectivity index (χ1) is 13.9. The number of nitrogens with zero attached hydrogens (tertiary/aromatic N) is 4. The van der Waals surface area contributed by atoms with Gasteiger partial charge in [0.1, 0.15) is 5.82 Å². The molecule has 0 radical (unpaired) electrons. The zero-order chi connectivity index (χ0) is 20.5. The number of rotatable bonds is 5. The Morgan fingerprint density at radius 1 is 1.17 bits per heavy atom. The molecule has 0 unspecified atom stereocenters. The third-order valence-corrected chi connectivity index (χ3v) is 4.99. The van der Waals surface area contributed by atoms with Gasteiger partial charge in [0.15, 0.2) is 17.3 Å². The SMILES string of the molecule is Cc1ncc(-c2onc(C)c2C)c(CN(C)C(=O)Cc2ccc3c(c2)OCO3)n1. The molecule has 150 valence electrons. The second-order valence-corrected chi connectivity index (χ2v) is 7.11. The highest BCUT2D eigenvalue weighted by atomic mass is 16.7. The number of likely N-dealkylation sites (N-methyl/N-ethyl adjacent to an activating group) is 1. The molecule has 1 aromatic carbocycles. The molecule has 0 atom stereocenters. The summed E-state index contributed by atoms with van der Waals surface area (Å²) in [6.07, 6.45) is 1.98. The Morgan fingerprint density at radius 3 is 2.72 bits per heavy atom. The molecule has 0 N–H and O–H groups in total. The topological polar surface area (TPSA) is 90.6 Å². The smallest absolute Gasteiger partial charge is 0.231 e. The molecule has 0 saturated heterocycles. The normalized spacial score (nSPS) is 12.3. The van der Waals surface area contributed by atoms with Crippen LogP contribution in [0.4, 0.5) is 0 Å². The zero-order valence-electron chi connectivity index (χ0n) is 16.9. The molecule has 3 aromatic rings. The molecule has 0 aliphatic carbocycles. The predicted octanol–water partition coefficient (Wildman–Crippen LogP) is 2.99. The molecule has 1 amide bonds. The molecule has 0 saturated carbocycles. The largest absolute Gasteiger partial charge is 0.454 e. The van der Waals surface area contributed by atoms with Crippen molar-refractivity contribution in [3.05, 3.63) is 52.7 Å². The summed E-state index contributed by atoms with van der Waals surface area (Å²) < 4.78 is 16.2. The monoisotopic (exact) mass is 394 g/mol. The van der Waals surface area contributed by atoms with Gasteiger partial charge in [-0.3, -0.25) is 4.79 Å². The molecular formula is C21H22N4O4. The number of hydrogen-bond donors (Lipinski definition) is 0. The van der Waals surface area contributed by atoms with Gasteiger partial charge in [0.2, 0.25) is 12.7 Å². The summed E-state index contributed by atoms with van der Waals surface area (Å²) in [5.41, 5.74) is 4.09. The van der Waals surface area contributed by atoms with Crippen LogP contribution in [0.3, 0.4) is 0 Å². The third kappa shape index (κ3) is 3.78. The number of carbonyl (C=O) groups excluding carboxylic acids is 1. The van der Waals surface area contributed by atoms with E-state index in [1.165, 1.54) is 0 Å². The van der Waals surface area contributed by atoms with E-state index < -0.39 is 0 Å². The second kappa shape index (κ2) is 7.54. The molecule has 0 fully saturated rings. The van der Waals surface area contributed by atoms with E-state index >= 15 is 0 Å². The van der Waals surface area contributed by atoms with Gasteiger partial charge in [-0.25, -0.2) is 9.97 Å². The summed E-state index contributed by atoms with van der Waals surface area (Å²) >= 11 is 0. The van der Waals surface area contributed by atoms with Crippen LogP contribution in [0, 0.1) is 20.8 Å². The van der Waals surface area contributed by atoms with E-state index in [-0.39, 0.29) is 19.1 Å². The van der Waals surface area contributed by atoms with Crippen molar-refractivity contribution in [1.29, 1.82) is 0 Å². The maximum atomic E-state index is 12.8. The average molecular weight is 394 g/mol. The minimum Gasteiger partial charge on any atom is -0.454 e. The van der Waals surface area contributed by atoms with Gasteiger partial charge in [-0.15, -0.1) is 0 Å². The number of carbonyl (C=O) groups is 1. The number of fused-ring (bicyclic) bond motifs is 1. The van der Waals surface area contributed by atoms with Crippen LogP contribution in [-0.2, 0) is 17.8 Å². The van der Waals surface area contributed by atoms with Crippen molar-refractivity contribution in [3.63, 3.8) is 0 Å². The lowest BCUT2D eigenvalue weighted by Gasteiger charge is -2.18. The van der Waals surface area contributed by atoms with Crippen LogP contribution in [0.25, 0.3) is 11.3 Å². The van der Waals surface area contributed by atoms with Gasteiger partial charge < -0.3 is 18.9 Å². The van der Waals surface area contributed by atoms with Gasteiger partial charge in [0.05, 0.1) is 29.9 Å². The first kappa shape index (κ1) is 18.9. The van der Waals surface area contributed by atoms with E-state index in [0.29, 0.717) is 29.6 Å². The molecule has 29 heavy (non-hydrogen) atoms. The van der Waals surface area contributed by atoms with E-state index in [1.54, 1.807) is 18.1 Å². The number of amides is 1. The number of benzene rings is 1. The van der Waals surface area contributed by atoms with Crippen molar-refractivity contribution >= 4 is 5.91 Å². The minimum absolute atomic E-state index is 0.0310. The maximum absolute atomic E-state index is 12.8. The van der Waals surface area contributed by atoms with E-state index in [9.17, 15) is 4.79 Å². The number of hydrogen-bond acceptors (Lipinski definition) is 7. The van der Waals surface area contributed by atoms with Crippen LogP contribution in [-0.4, -0.2) is 39.8 Å². The summed E-state index contributed by atoms with van der Waals surface area (Å²) in [6, 6.07) is 5.54. The van der Waals surface area contributed by atoms with Gasteiger partial charge in [0.25, 0.3) is 0 Å². The number of aryl methyl sites for hydroxylation is 2. The Kier molecular flexibility index (Phi) is 4.92. The molecule has 2 aromatic heterocycles. The van der Waals surface area contributed by atoms with E-state index in [4.69, 9.17) is 14.0 Å². The van der Waals surface area contributed by atoms with Gasteiger partial charge in [-0.05, 0) is 38.5 Å². The summed E-state index contributed by atoms with van der Waals surface area (Å²) in [5, 5.41) is 4.02. The molecule has 8 nitrogen and oxygen atoms in total. The summed E-state index contributed by atoms with van der Waals surface area (Å²) in [5.74, 6) is 2.61. The van der Waals surface area contributed by atoms with Gasteiger partial charge in [-0.1, -0.05) is 11.2 Å². The van der Waals surface area contributed by atoms with E-state index in [2.05, 4.69) is 15.1 Å². The Hall–Kier alpha value is -3.42. The lowest BCUT2D eigenvalue weighted by atomic mass is 10.1. The molecule has 0 spiro atoms. The Balaban J connectivity index is 1.53. The summed E-state index contributed by atoms with van der Waals surface area (Å²) in [4.78, 5) is 23.3. The van der Waals surface area contributed by atoms with Crippen LogP contribution in [0.1, 0.15) is 28.3 Å². The van der Waals surface area contributed by atoms with E-state index in [1.807, 2.05) is 39.0 Å². The van der Waals surface area contributed by atoms with Crippen LogP contribution in [0.5, 0.6) is 11.5 Å². The van der Waals surface area contributed by atoms with Gasteiger partial charge >= 0.3 is 0 Å².